The molecule has 0 fully saturated rings. The predicted molar refractivity (Wildman–Crippen MR) is 297 cm³/mol. The number of carbonyl (C=O) groups excluding carboxylic acids is 4. The van der Waals surface area contributed by atoms with E-state index < -0.39 is 55.0 Å². The molecule has 0 aliphatic heterocycles. The first kappa shape index (κ1) is 72.4. The van der Waals surface area contributed by atoms with Crippen molar-refractivity contribution in [2.45, 2.75) is 257 Å². The van der Waals surface area contributed by atoms with E-state index in [4.69, 9.17) is 9.47 Å². The second-order valence-electron chi connectivity index (χ2n) is 19.6. The quantitative estimate of drug-likeness (QED) is 0.0198. The van der Waals surface area contributed by atoms with E-state index in [1.165, 1.54) is 216 Å². The summed E-state index contributed by atoms with van der Waals surface area (Å²) in [6.45, 7) is 6.94. The molecular formula is C58H94CaO14S2. The van der Waals surface area contributed by atoms with Gasteiger partial charge in [0, 0.05) is 0 Å². The van der Waals surface area contributed by atoms with Crippen molar-refractivity contribution in [3.05, 3.63) is 70.8 Å². The minimum absolute atomic E-state index is 0. The van der Waals surface area contributed by atoms with Gasteiger partial charge >= 0.3 is 61.6 Å². The van der Waals surface area contributed by atoms with Crippen LogP contribution in [-0.4, -0.2) is 112 Å². The van der Waals surface area contributed by atoms with Gasteiger partial charge in [0.05, 0.1) is 35.5 Å². The van der Waals surface area contributed by atoms with Gasteiger partial charge in [-0.3, -0.25) is 0 Å². The summed E-state index contributed by atoms with van der Waals surface area (Å²) in [6.07, 6.45) is 43.2. The molecule has 75 heavy (non-hydrogen) atoms. The van der Waals surface area contributed by atoms with E-state index in [1.54, 1.807) is 12.1 Å². The van der Waals surface area contributed by atoms with E-state index in [1.807, 2.05) is 0 Å². The smallest absolute Gasteiger partial charge is 0.745 e. The van der Waals surface area contributed by atoms with Crippen molar-refractivity contribution < 1.29 is 64.1 Å². The van der Waals surface area contributed by atoms with Crippen LogP contribution in [0.3, 0.4) is 0 Å². The van der Waals surface area contributed by atoms with Gasteiger partial charge in [0.1, 0.15) is 20.2 Å². The zero-order valence-electron chi connectivity index (χ0n) is 46.5. The number of ether oxygens (including phenoxy) is 4. The zero-order valence-corrected chi connectivity index (χ0v) is 50.3. The standard InChI is InChI=1S/2C29H48O7S.Ca/c2*1-3-4-5-6-7-8-9-10-11-12-13-14-15-16-17-18-21-24-35-28(30)26-22-19-20-23-27(26)29(31)36-25(2)37(32,33)34;/h2*19-20,22-23,25H,3-18,21,24H2,1-2H3,(H,32,33,34);/q;;+2/p-2. The summed E-state index contributed by atoms with van der Waals surface area (Å²) in [7, 11) is -9.58. The summed E-state index contributed by atoms with van der Waals surface area (Å²) in [5, 5.41) is 0. The molecule has 0 amide bonds. The Morgan fingerprint density at radius 2 is 0.547 bits per heavy atom. The Morgan fingerprint density at radius 1 is 0.360 bits per heavy atom. The van der Waals surface area contributed by atoms with Crippen molar-refractivity contribution in [1.82, 2.24) is 0 Å². The minimum atomic E-state index is -4.79. The molecule has 0 bridgehead atoms. The minimum Gasteiger partial charge on any atom is -0.745 e. The Morgan fingerprint density at radius 3 is 0.747 bits per heavy atom. The maximum atomic E-state index is 12.4. The molecule has 14 nitrogen and oxygen atoms in total. The first-order chi connectivity index (χ1) is 35.5. The van der Waals surface area contributed by atoms with Crippen molar-refractivity contribution >= 4 is 81.9 Å². The number of hydrogen-bond donors (Lipinski definition) is 0. The summed E-state index contributed by atoms with van der Waals surface area (Å²) in [6, 6.07) is 11.6. The molecule has 2 atom stereocenters. The van der Waals surface area contributed by atoms with Gasteiger partial charge in [-0.1, -0.05) is 244 Å². The fourth-order valence-electron chi connectivity index (χ4n) is 8.36. The average Bonchev–Trinajstić information content (AvgIpc) is 3.37. The first-order valence-corrected chi connectivity index (χ1v) is 31.3. The van der Waals surface area contributed by atoms with E-state index in [0.29, 0.717) is 0 Å². The predicted octanol–water partition coefficient (Wildman–Crippen LogP) is 14.7. The molecule has 0 heterocycles. The van der Waals surface area contributed by atoms with Gasteiger partial charge in [0.25, 0.3) is 0 Å². The van der Waals surface area contributed by atoms with Gasteiger partial charge < -0.3 is 28.1 Å². The zero-order chi connectivity index (χ0) is 54.7. The Labute approximate surface area is 483 Å². The second-order valence-corrected chi connectivity index (χ2v) is 22.9. The molecule has 0 radical (unpaired) electrons. The molecular weight excluding hydrogens is 1020 g/mol. The fraction of sp³-hybridized carbons (Fsp3) is 0.724. The monoisotopic (exact) mass is 1120 g/mol. The van der Waals surface area contributed by atoms with Gasteiger partial charge in [0.15, 0.2) is 10.9 Å². The molecule has 17 heteroatoms. The van der Waals surface area contributed by atoms with Crippen LogP contribution < -0.4 is 0 Å². The molecule has 0 spiro atoms. The van der Waals surface area contributed by atoms with E-state index in [2.05, 4.69) is 23.3 Å². The van der Waals surface area contributed by atoms with Crippen LogP contribution >= 0.6 is 0 Å². The maximum Gasteiger partial charge on any atom is 2.00 e. The van der Waals surface area contributed by atoms with E-state index in [9.17, 15) is 45.1 Å². The van der Waals surface area contributed by atoms with E-state index in [-0.39, 0.29) is 73.2 Å². The maximum absolute atomic E-state index is 12.4. The molecule has 2 rings (SSSR count). The van der Waals surface area contributed by atoms with Crippen molar-refractivity contribution in [3.63, 3.8) is 0 Å². The molecule has 0 saturated heterocycles. The van der Waals surface area contributed by atoms with Crippen LogP contribution in [0.2, 0.25) is 0 Å². The van der Waals surface area contributed by atoms with Crippen molar-refractivity contribution in [2.75, 3.05) is 13.2 Å². The van der Waals surface area contributed by atoms with Gasteiger partial charge in [-0.05, 0) is 51.0 Å². The Balaban J connectivity index is 0.00000144. The molecule has 0 aliphatic carbocycles. The summed E-state index contributed by atoms with van der Waals surface area (Å²) in [5.74, 6) is -3.47. The van der Waals surface area contributed by atoms with Gasteiger partial charge in [-0.2, -0.15) is 0 Å². The first-order valence-electron chi connectivity index (χ1n) is 28.4. The van der Waals surface area contributed by atoms with Gasteiger partial charge in [-0.15, -0.1) is 0 Å². The van der Waals surface area contributed by atoms with Gasteiger partial charge in [-0.25, -0.2) is 36.0 Å². The average molecular weight is 1120 g/mol. The number of carbonyl (C=O) groups is 4. The number of hydrogen-bond acceptors (Lipinski definition) is 14. The third-order valence-electron chi connectivity index (χ3n) is 13.1. The largest absolute Gasteiger partial charge is 2.00 e. The van der Waals surface area contributed by atoms with Gasteiger partial charge in [0.2, 0.25) is 0 Å². The second kappa shape index (κ2) is 46.3. The summed E-state index contributed by atoms with van der Waals surface area (Å²) < 4.78 is 85.9. The van der Waals surface area contributed by atoms with Crippen LogP contribution in [0.25, 0.3) is 0 Å². The van der Waals surface area contributed by atoms with Crippen LogP contribution in [0.1, 0.15) is 287 Å². The molecule has 0 N–H and O–H groups in total. The summed E-state index contributed by atoms with van der Waals surface area (Å²) >= 11 is 0. The van der Waals surface area contributed by atoms with E-state index >= 15 is 0 Å². The molecule has 2 unspecified atom stereocenters. The molecule has 2 aromatic rings. The van der Waals surface area contributed by atoms with Crippen LogP contribution in [0.4, 0.5) is 0 Å². The number of benzene rings is 2. The van der Waals surface area contributed by atoms with Crippen molar-refractivity contribution in [3.8, 4) is 0 Å². The Bertz CT molecular complexity index is 1880. The third-order valence-corrected chi connectivity index (χ3v) is 14.9. The molecule has 0 aliphatic rings. The molecule has 0 aromatic heterocycles. The molecule has 424 valence electrons. The fourth-order valence-corrected chi connectivity index (χ4v) is 8.77. The van der Waals surface area contributed by atoms with Crippen LogP contribution in [0.15, 0.2) is 48.5 Å². The van der Waals surface area contributed by atoms with Crippen LogP contribution in [0, 0.1) is 0 Å². The topological polar surface area (TPSA) is 220 Å². The van der Waals surface area contributed by atoms with Crippen LogP contribution in [-0.2, 0) is 39.2 Å². The number of unbranched alkanes of at least 4 members (excludes halogenated alkanes) is 32. The third kappa shape index (κ3) is 37.8. The van der Waals surface area contributed by atoms with Crippen molar-refractivity contribution in [2.24, 2.45) is 0 Å². The van der Waals surface area contributed by atoms with Crippen molar-refractivity contribution in [1.29, 1.82) is 0 Å². The number of rotatable bonds is 44. The Kier molecular flexibility index (Phi) is 44.7. The SMILES string of the molecule is CCCCCCCCCCCCCCCCCCCOC(=O)c1ccccc1C(=O)OC(C)S(=O)(=O)[O-].CCCCCCCCCCCCCCCCCCCOC(=O)c1ccccc1C(=O)OC(C)S(=O)(=O)[O-].[Ca+2]. The summed E-state index contributed by atoms with van der Waals surface area (Å²) in [5.41, 5.74) is -4.00. The summed E-state index contributed by atoms with van der Waals surface area (Å²) in [4.78, 5) is 49.3. The molecule has 0 saturated carbocycles. The normalized spacial score (nSPS) is 12.1. The number of esters is 4. The van der Waals surface area contributed by atoms with E-state index in [0.717, 1.165) is 52.4 Å². The molecule has 2 aromatic carbocycles. The Hall–Kier alpha value is -2.60. The van der Waals surface area contributed by atoms with Crippen LogP contribution in [0.5, 0.6) is 0 Å².